The third-order valence-corrected chi connectivity index (χ3v) is 14.3. The first-order chi connectivity index (χ1) is 28.6. The summed E-state index contributed by atoms with van der Waals surface area (Å²) in [6, 6.07) is 62.6. The summed E-state index contributed by atoms with van der Waals surface area (Å²) in [6.45, 7) is 14.0. The summed E-state index contributed by atoms with van der Waals surface area (Å²) < 4.78 is 2.52. The van der Waals surface area contributed by atoms with Gasteiger partial charge in [0.05, 0.1) is 8.07 Å². The van der Waals surface area contributed by atoms with Gasteiger partial charge in [-0.3, -0.25) is 0 Å². The van der Waals surface area contributed by atoms with Gasteiger partial charge in [-0.05, 0) is 90.6 Å². The molecular formula is C55H50IrN2SSi-2. The van der Waals surface area contributed by atoms with E-state index < -0.39 is 8.07 Å². The summed E-state index contributed by atoms with van der Waals surface area (Å²) in [5.41, 5.74) is 13.1. The molecule has 0 saturated carbocycles. The second-order valence-corrected chi connectivity index (χ2v) is 22.9. The predicted molar refractivity (Wildman–Crippen MR) is 256 cm³/mol. The Labute approximate surface area is 374 Å². The Kier molecular flexibility index (Phi) is 13.5. The van der Waals surface area contributed by atoms with Gasteiger partial charge in [-0.25, -0.2) is 0 Å². The van der Waals surface area contributed by atoms with Gasteiger partial charge in [0.1, 0.15) is 0 Å². The molecule has 0 aliphatic rings. The van der Waals surface area contributed by atoms with E-state index in [0.29, 0.717) is 11.8 Å². The van der Waals surface area contributed by atoms with Crippen LogP contribution in [0.4, 0.5) is 0 Å². The van der Waals surface area contributed by atoms with Gasteiger partial charge in [-0.2, -0.15) is 11.3 Å². The number of thiophene rings is 1. The molecule has 0 N–H and O–H groups in total. The topological polar surface area (TPSA) is 25.8 Å². The SMILES string of the molecule is CC(C)Cc1cc(-c2[c-]cccc2)ncc1[Si](C)(C)C.CC(c1ccccc1)c1ccnc(-c2[c-]ccc3c2sc2ccc(-c4ccc(-c5ccccc5)cc4)cc23)c1.[Ir]. The van der Waals surface area contributed by atoms with Crippen LogP contribution < -0.4 is 5.19 Å². The van der Waals surface area contributed by atoms with E-state index in [2.05, 4.69) is 197 Å². The van der Waals surface area contributed by atoms with E-state index in [-0.39, 0.29) is 20.1 Å². The number of pyridine rings is 2. The van der Waals surface area contributed by atoms with E-state index >= 15 is 0 Å². The molecule has 301 valence electrons. The monoisotopic (exact) mass is 991 g/mol. The third-order valence-electron chi connectivity index (χ3n) is 11.0. The fourth-order valence-corrected chi connectivity index (χ4v) is 10.6. The summed E-state index contributed by atoms with van der Waals surface area (Å²) in [7, 11) is -1.34. The largest absolute Gasteiger partial charge is 0.305 e. The van der Waals surface area contributed by atoms with Crippen molar-refractivity contribution in [3.05, 3.63) is 199 Å². The standard InChI is InChI=1S/C37H26NS.C18H24NSi.Ir/c1-25(26-9-4-2-5-10-26)30-21-22-38-35(24-30)33-14-8-13-32-34-23-31(19-20-36(34)39-37(32)33)29-17-15-28(16-18-29)27-11-6-3-7-12-27;1-14(2)11-16-12-17(15-9-7-6-8-10-15)19-13-18(16)20(3,4)5;/h2-13,15-25H,1H3;6-9,12-14H,11H2,1-5H3;/q2*-1;. The molecule has 2 nitrogen and oxygen atoms in total. The molecule has 3 heterocycles. The van der Waals surface area contributed by atoms with Crippen molar-refractivity contribution in [1.29, 1.82) is 0 Å². The van der Waals surface area contributed by atoms with Gasteiger partial charge in [0.2, 0.25) is 0 Å². The summed E-state index contributed by atoms with van der Waals surface area (Å²) in [6.07, 6.45) is 5.17. The molecule has 60 heavy (non-hydrogen) atoms. The number of benzene rings is 6. The zero-order valence-electron chi connectivity index (χ0n) is 35.2. The molecule has 0 bridgehead atoms. The van der Waals surface area contributed by atoms with Gasteiger partial charge in [0, 0.05) is 43.1 Å². The van der Waals surface area contributed by atoms with Gasteiger partial charge in [-0.15, -0.1) is 59.7 Å². The molecule has 1 radical (unpaired) electrons. The van der Waals surface area contributed by atoms with Crippen molar-refractivity contribution in [2.45, 2.75) is 52.8 Å². The normalized spacial score (nSPS) is 11.8. The minimum Gasteiger partial charge on any atom is -0.305 e. The Hall–Kier alpha value is -5.29. The summed E-state index contributed by atoms with van der Waals surface area (Å²) in [4.78, 5) is 9.47. The van der Waals surface area contributed by atoms with Crippen LogP contribution in [0.15, 0.2) is 170 Å². The van der Waals surface area contributed by atoms with E-state index in [1.54, 1.807) is 0 Å². The second-order valence-electron chi connectivity index (χ2n) is 16.8. The fraction of sp³-hybridized carbons (Fsp3) is 0.164. The van der Waals surface area contributed by atoms with Crippen LogP contribution in [0.1, 0.15) is 43.4 Å². The van der Waals surface area contributed by atoms with Crippen LogP contribution in [0.25, 0.3) is 64.9 Å². The van der Waals surface area contributed by atoms with Crippen LogP contribution in [-0.2, 0) is 26.5 Å². The first kappa shape index (κ1) is 42.8. The molecule has 0 saturated heterocycles. The van der Waals surface area contributed by atoms with Gasteiger partial charge in [-0.1, -0.05) is 154 Å². The number of hydrogen-bond acceptors (Lipinski definition) is 3. The first-order valence-corrected chi connectivity index (χ1v) is 24.9. The maximum atomic E-state index is 4.78. The summed E-state index contributed by atoms with van der Waals surface area (Å²) >= 11 is 1.83. The van der Waals surface area contributed by atoms with E-state index in [4.69, 9.17) is 4.98 Å². The Morgan fingerprint density at radius 1 is 0.583 bits per heavy atom. The molecule has 9 aromatic rings. The van der Waals surface area contributed by atoms with Crippen molar-refractivity contribution in [3.63, 3.8) is 0 Å². The smallest absolute Gasteiger partial charge is 0.0798 e. The molecule has 0 amide bonds. The van der Waals surface area contributed by atoms with E-state index in [0.717, 1.165) is 28.9 Å². The van der Waals surface area contributed by atoms with Gasteiger partial charge in [0.15, 0.2) is 0 Å². The molecule has 6 aromatic carbocycles. The molecule has 0 aliphatic carbocycles. The average Bonchev–Trinajstić information content (AvgIpc) is 3.65. The van der Waals surface area contributed by atoms with Crippen LogP contribution in [0.5, 0.6) is 0 Å². The van der Waals surface area contributed by atoms with Crippen LogP contribution in [0, 0.1) is 18.1 Å². The van der Waals surface area contributed by atoms with Gasteiger partial charge in [0.25, 0.3) is 0 Å². The molecule has 9 rings (SSSR count). The Morgan fingerprint density at radius 2 is 1.25 bits per heavy atom. The average molecular weight is 991 g/mol. The fourth-order valence-electron chi connectivity index (χ4n) is 7.87. The molecule has 0 aliphatic heterocycles. The predicted octanol–water partition coefficient (Wildman–Crippen LogP) is 14.7. The summed E-state index contributed by atoms with van der Waals surface area (Å²) in [5.74, 6) is 0.963. The van der Waals surface area contributed by atoms with Crippen LogP contribution in [-0.4, -0.2) is 18.0 Å². The second kappa shape index (κ2) is 19.0. The Morgan fingerprint density at radius 3 is 1.93 bits per heavy atom. The van der Waals surface area contributed by atoms with E-state index in [1.807, 2.05) is 41.8 Å². The maximum Gasteiger partial charge on any atom is 0.0798 e. The Bertz CT molecular complexity index is 2810. The molecule has 1 unspecified atom stereocenters. The molecule has 0 fully saturated rings. The quantitative estimate of drug-likeness (QED) is 0.106. The van der Waals surface area contributed by atoms with Crippen molar-refractivity contribution >= 4 is 44.8 Å². The van der Waals surface area contributed by atoms with Crippen molar-refractivity contribution in [2.75, 3.05) is 0 Å². The van der Waals surface area contributed by atoms with Crippen molar-refractivity contribution < 1.29 is 20.1 Å². The first-order valence-electron chi connectivity index (χ1n) is 20.6. The van der Waals surface area contributed by atoms with Crippen LogP contribution in [0.2, 0.25) is 19.6 Å². The molecule has 3 aromatic heterocycles. The van der Waals surface area contributed by atoms with Gasteiger partial charge >= 0.3 is 0 Å². The number of hydrogen-bond donors (Lipinski definition) is 0. The Balaban J connectivity index is 0.000000220. The van der Waals surface area contributed by atoms with Gasteiger partial charge < -0.3 is 9.97 Å². The molecule has 1 atom stereocenters. The number of fused-ring (bicyclic) bond motifs is 3. The maximum absolute atomic E-state index is 4.78. The zero-order valence-corrected chi connectivity index (χ0v) is 39.4. The number of nitrogens with zero attached hydrogens (tertiary/aromatic N) is 2. The third kappa shape index (κ3) is 9.67. The van der Waals surface area contributed by atoms with Crippen molar-refractivity contribution in [2.24, 2.45) is 5.92 Å². The van der Waals surface area contributed by atoms with E-state index in [1.165, 1.54) is 64.3 Å². The summed E-state index contributed by atoms with van der Waals surface area (Å²) in [5, 5.41) is 4.03. The van der Waals surface area contributed by atoms with Crippen LogP contribution >= 0.6 is 11.3 Å². The minimum atomic E-state index is -1.34. The van der Waals surface area contributed by atoms with Crippen LogP contribution in [0.3, 0.4) is 0 Å². The van der Waals surface area contributed by atoms with Crippen molar-refractivity contribution in [3.8, 4) is 44.8 Å². The zero-order chi connectivity index (χ0) is 40.9. The molecule has 5 heteroatoms. The molecular weight excluding hydrogens is 941 g/mol. The molecule has 0 spiro atoms. The number of aromatic nitrogens is 2. The minimum absolute atomic E-state index is 0. The van der Waals surface area contributed by atoms with Crippen molar-refractivity contribution in [1.82, 2.24) is 9.97 Å². The number of rotatable bonds is 9. The van der Waals surface area contributed by atoms with E-state index in [9.17, 15) is 0 Å².